The highest BCUT2D eigenvalue weighted by atomic mass is 31.2. The molecule has 0 aliphatic carbocycles. The van der Waals surface area contributed by atoms with Gasteiger partial charge in [0, 0.05) is 0 Å². The van der Waals surface area contributed by atoms with Crippen molar-refractivity contribution in [2.75, 3.05) is 0 Å². The first-order valence-electron chi connectivity index (χ1n) is 5.06. The monoisotopic (exact) mass is 238 g/mol. The zero-order valence-electron chi connectivity index (χ0n) is 10.3. The average molecular weight is 238 g/mol. The fourth-order valence-electron chi connectivity index (χ4n) is 0.924. The molecule has 86 valence electrons. The highest BCUT2D eigenvalue weighted by Gasteiger charge is 2.35. The summed E-state index contributed by atoms with van der Waals surface area (Å²) < 4.78 is 23.4. The second kappa shape index (κ2) is 4.93. The molecule has 5 heteroatoms. The average Bonchev–Trinajstić information content (AvgIpc) is 1.79. The van der Waals surface area contributed by atoms with Crippen LogP contribution < -0.4 is 0 Å². The van der Waals surface area contributed by atoms with Gasteiger partial charge in [0.15, 0.2) is 8.32 Å². The Morgan fingerprint density at radius 2 is 1.50 bits per heavy atom. The molecule has 0 aliphatic heterocycles. The summed E-state index contributed by atoms with van der Waals surface area (Å²) in [6.45, 7) is 13.6. The molecule has 14 heavy (non-hydrogen) atoms. The van der Waals surface area contributed by atoms with Crippen LogP contribution in [0.3, 0.4) is 0 Å². The van der Waals surface area contributed by atoms with Gasteiger partial charge in [0.25, 0.3) is 0 Å². The van der Waals surface area contributed by atoms with Gasteiger partial charge in [-0.15, -0.1) is 0 Å². The Labute approximate surface area is 88.9 Å². The van der Waals surface area contributed by atoms with E-state index in [4.69, 9.17) is 8.74 Å². The Hall–Kier alpha value is 0.367. The van der Waals surface area contributed by atoms with Crippen LogP contribution in [0, 0.1) is 0 Å². The summed E-state index contributed by atoms with van der Waals surface area (Å²) in [5.74, 6) is 0. The first kappa shape index (κ1) is 14.4. The van der Waals surface area contributed by atoms with E-state index in [9.17, 15) is 4.57 Å². The molecule has 0 saturated carbocycles. The second-order valence-electron chi connectivity index (χ2n) is 4.99. The van der Waals surface area contributed by atoms with Crippen molar-refractivity contribution < 1.29 is 13.3 Å². The van der Waals surface area contributed by atoms with E-state index < -0.39 is 15.9 Å². The minimum atomic E-state index is -2.91. The number of rotatable bonds is 5. The minimum absolute atomic E-state index is 0.0559. The zero-order chi connectivity index (χ0) is 11.6. The van der Waals surface area contributed by atoms with Crippen molar-refractivity contribution in [2.45, 2.75) is 59.1 Å². The van der Waals surface area contributed by atoms with E-state index in [0.29, 0.717) is 0 Å². The van der Waals surface area contributed by atoms with Crippen molar-refractivity contribution in [1.82, 2.24) is 0 Å². The molecule has 1 unspecified atom stereocenters. The summed E-state index contributed by atoms with van der Waals surface area (Å²) in [7, 11) is -4.72. The Kier molecular flexibility index (Phi) is 5.06. The third-order valence-electron chi connectivity index (χ3n) is 1.39. The molecule has 0 saturated heterocycles. The maximum atomic E-state index is 12.3. The lowest BCUT2D eigenvalue weighted by Gasteiger charge is -2.29. The Balaban J connectivity index is 4.66. The van der Waals surface area contributed by atoms with Crippen LogP contribution in [0.1, 0.15) is 27.7 Å². The molecule has 0 heterocycles. The summed E-state index contributed by atoms with van der Waals surface area (Å²) in [6.07, 6.45) is -0.0559. The maximum Gasteiger partial charge on any atom is 0.323 e. The fourth-order valence-corrected chi connectivity index (χ4v) is 5.82. The van der Waals surface area contributed by atoms with Gasteiger partial charge >= 0.3 is 7.60 Å². The molecule has 0 fully saturated rings. The Morgan fingerprint density at radius 3 is 1.71 bits per heavy atom. The number of hydrogen-bond acceptors (Lipinski definition) is 3. The van der Waals surface area contributed by atoms with E-state index >= 15 is 0 Å². The number of hydrogen-bond donors (Lipinski definition) is 0. The van der Waals surface area contributed by atoms with Crippen LogP contribution in [-0.4, -0.2) is 20.1 Å². The quantitative estimate of drug-likeness (QED) is 0.539. The standard InChI is InChI=1S/C9H23O3PSi/c1-8(2)11-13(10,9(3)4)12-14(5,6)7/h8-9H,1-7H3. The van der Waals surface area contributed by atoms with Crippen molar-refractivity contribution in [3.8, 4) is 0 Å². The summed E-state index contributed by atoms with van der Waals surface area (Å²) in [4.78, 5) is 0. The lowest BCUT2D eigenvalue weighted by atomic mass is 10.5. The van der Waals surface area contributed by atoms with Crippen molar-refractivity contribution >= 4 is 15.9 Å². The lowest BCUT2D eigenvalue weighted by Crippen LogP contribution is -2.27. The van der Waals surface area contributed by atoms with Gasteiger partial charge in [-0.1, -0.05) is 13.8 Å². The highest BCUT2D eigenvalue weighted by Crippen LogP contribution is 2.55. The van der Waals surface area contributed by atoms with Gasteiger partial charge in [-0.25, -0.2) is 0 Å². The van der Waals surface area contributed by atoms with Gasteiger partial charge in [0.2, 0.25) is 0 Å². The van der Waals surface area contributed by atoms with Crippen molar-refractivity contribution in [3.63, 3.8) is 0 Å². The van der Waals surface area contributed by atoms with Crippen molar-refractivity contribution in [2.24, 2.45) is 0 Å². The summed E-state index contributed by atoms with van der Waals surface area (Å²) in [5, 5.41) is 0. The molecule has 1 atom stereocenters. The van der Waals surface area contributed by atoms with Crippen LogP contribution in [0.15, 0.2) is 0 Å². The van der Waals surface area contributed by atoms with E-state index in [0.717, 1.165) is 0 Å². The molecular formula is C9H23O3PSi. The summed E-state index contributed by atoms with van der Waals surface area (Å²) >= 11 is 0. The summed E-state index contributed by atoms with van der Waals surface area (Å²) in [6, 6.07) is 0. The minimum Gasteiger partial charge on any atom is -0.351 e. The highest BCUT2D eigenvalue weighted by molar-refractivity contribution is 7.56. The van der Waals surface area contributed by atoms with Gasteiger partial charge in [-0.3, -0.25) is 4.57 Å². The van der Waals surface area contributed by atoms with Crippen LogP contribution in [0.5, 0.6) is 0 Å². The fraction of sp³-hybridized carbons (Fsp3) is 1.00. The normalized spacial score (nSPS) is 17.5. The predicted molar refractivity (Wildman–Crippen MR) is 63.4 cm³/mol. The van der Waals surface area contributed by atoms with Crippen LogP contribution in [-0.2, 0) is 13.3 Å². The molecule has 3 nitrogen and oxygen atoms in total. The van der Waals surface area contributed by atoms with Crippen LogP contribution in [0.4, 0.5) is 0 Å². The SMILES string of the molecule is CC(C)OP(=O)(O[Si](C)(C)C)C(C)C. The third-order valence-corrected chi connectivity index (χ3v) is 6.58. The van der Waals surface area contributed by atoms with E-state index in [1.807, 2.05) is 47.3 Å². The van der Waals surface area contributed by atoms with Crippen LogP contribution >= 0.6 is 7.60 Å². The molecule has 0 amide bonds. The predicted octanol–water partition coefficient (Wildman–Crippen LogP) is 3.86. The van der Waals surface area contributed by atoms with Crippen molar-refractivity contribution in [1.29, 1.82) is 0 Å². The second-order valence-corrected chi connectivity index (χ2v) is 12.3. The molecular weight excluding hydrogens is 215 g/mol. The molecule has 0 aromatic heterocycles. The molecule has 0 aromatic carbocycles. The molecule has 0 rings (SSSR count). The van der Waals surface area contributed by atoms with Gasteiger partial charge in [-0.05, 0) is 33.5 Å². The summed E-state index contributed by atoms with van der Waals surface area (Å²) in [5.41, 5.74) is -0.0726. The van der Waals surface area contributed by atoms with Gasteiger partial charge in [0.1, 0.15) is 0 Å². The largest absolute Gasteiger partial charge is 0.351 e. The van der Waals surface area contributed by atoms with E-state index in [1.54, 1.807) is 0 Å². The zero-order valence-corrected chi connectivity index (χ0v) is 12.2. The smallest absolute Gasteiger partial charge is 0.323 e. The van der Waals surface area contributed by atoms with E-state index in [2.05, 4.69) is 0 Å². The molecule has 0 radical (unpaired) electrons. The van der Waals surface area contributed by atoms with E-state index in [-0.39, 0.29) is 11.8 Å². The molecule has 0 bridgehead atoms. The van der Waals surface area contributed by atoms with Gasteiger partial charge in [-0.2, -0.15) is 0 Å². The maximum absolute atomic E-state index is 12.3. The molecule has 0 spiro atoms. The molecule has 0 aromatic rings. The Bertz CT molecular complexity index is 221. The topological polar surface area (TPSA) is 35.5 Å². The van der Waals surface area contributed by atoms with E-state index in [1.165, 1.54) is 0 Å². The lowest BCUT2D eigenvalue weighted by molar-refractivity contribution is 0.203. The molecule has 0 N–H and O–H groups in total. The molecule has 0 aliphatic rings. The van der Waals surface area contributed by atoms with Crippen LogP contribution in [0.25, 0.3) is 0 Å². The third kappa shape index (κ3) is 5.30. The van der Waals surface area contributed by atoms with Crippen LogP contribution in [0.2, 0.25) is 19.6 Å². The van der Waals surface area contributed by atoms with Gasteiger partial charge in [0.05, 0.1) is 11.8 Å². The van der Waals surface area contributed by atoms with Gasteiger partial charge < -0.3 is 8.74 Å². The first-order valence-corrected chi connectivity index (χ1v) is 10.1. The first-order chi connectivity index (χ1) is 6.07. The van der Waals surface area contributed by atoms with Crippen molar-refractivity contribution in [3.05, 3.63) is 0 Å². The Morgan fingerprint density at radius 1 is 1.07 bits per heavy atom.